The van der Waals surface area contributed by atoms with Crippen LogP contribution in [0.2, 0.25) is 0 Å². The van der Waals surface area contributed by atoms with E-state index in [1.807, 2.05) is 20.8 Å². The zero-order chi connectivity index (χ0) is 9.35. The summed E-state index contributed by atoms with van der Waals surface area (Å²) in [6.45, 7) is 6.12. The first-order valence-electron chi connectivity index (χ1n) is 3.73. The number of rotatable bonds is 1. The highest BCUT2D eigenvalue weighted by molar-refractivity contribution is 7.11. The van der Waals surface area contributed by atoms with Crippen LogP contribution in [-0.2, 0) is 5.41 Å². The molecule has 1 rings (SSSR count). The van der Waals surface area contributed by atoms with Gasteiger partial charge in [0.1, 0.15) is 0 Å². The monoisotopic (exact) mass is 187 g/mol. The highest BCUT2D eigenvalue weighted by Crippen LogP contribution is 2.28. The molecule has 68 valence electrons. The van der Waals surface area contributed by atoms with Gasteiger partial charge >= 0.3 is 0 Å². The van der Waals surface area contributed by atoms with Gasteiger partial charge in [0.2, 0.25) is 0 Å². The predicted molar refractivity (Wildman–Crippen MR) is 48.0 cm³/mol. The molecule has 0 aliphatic rings. The lowest BCUT2D eigenvalue weighted by molar-refractivity contribution is -0.0396. The summed E-state index contributed by atoms with van der Waals surface area (Å²) in [5, 5.41) is 18.6. The molecular formula is C8H13NO2S. The minimum absolute atomic E-state index is 0.0161. The first-order chi connectivity index (χ1) is 5.41. The van der Waals surface area contributed by atoms with Gasteiger partial charge in [-0.2, -0.15) is 0 Å². The minimum Gasteiger partial charge on any atom is -0.364 e. The molecule has 0 aliphatic heterocycles. The molecule has 1 heterocycles. The topological polar surface area (TPSA) is 53.4 Å². The van der Waals surface area contributed by atoms with Crippen molar-refractivity contribution >= 4 is 11.3 Å². The molecule has 0 saturated carbocycles. The second kappa shape index (κ2) is 3.12. The molecule has 0 bridgehead atoms. The standard InChI is InChI=1S/C8H13NO2S/c1-8(2,3)7-9-4-5(12-7)6(10)11/h4,6,10-11H,1-3H3. The zero-order valence-electron chi connectivity index (χ0n) is 7.40. The number of nitrogens with zero attached hydrogens (tertiary/aromatic N) is 1. The third-order valence-corrected chi connectivity index (χ3v) is 2.88. The summed E-state index contributed by atoms with van der Waals surface area (Å²) in [7, 11) is 0. The van der Waals surface area contributed by atoms with E-state index in [1.165, 1.54) is 17.5 Å². The number of aromatic nitrogens is 1. The lowest BCUT2D eigenvalue weighted by Gasteiger charge is -2.13. The lowest BCUT2D eigenvalue weighted by Crippen LogP contribution is -2.09. The first kappa shape index (κ1) is 9.64. The molecular weight excluding hydrogens is 174 g/mol. The van der Waals surface area contributed by atoms with Crippen LogP contribution in [0.25, 0.3) is 0 Å². The Hall–Kier alpha value is -0.450. The number of hydrogen-bond acceptors (Lipinski definition) is 4. The molecule has 3 nitrogen and oxygen atoms in total. The van der Waals surface area contributed by atoms with Crippen molar-refractivity contribution < 1.29 is 10.2 Å². The molecule has 0 spiro atoms. The fraction of sp³-hybridized carbons (Fsp3) is 0.625. The molecule has 0 aliphatic carbocycles. The van der Waals surface area contributed by atoms with Crippen LogP contribution in [0, 0.1) is 0 Å². The van der Waals surface area contributed by atoms with Gasteiger partial charge in [-0.15, -0.1) is 11.3 Å². The van der Waals surface area contributed by atoms with Crippen LogP contribution >= 0.6 is 11.3 Å². The summed E-state index contributed by atoms with van der Waals surface area (Å²) >= 11 is 1.34. The number of thiazole rings is 1. The number of aliphatic hydroxyl groups excluding tert-OH is 1. The van der Waals surface area contributed by atoms with Crippen LogP contribution in [0.1, 0.15) is 36.9 Å². The maximum absolute atomic E-state index is 8.83. The predicted octanol–water partition coefficient (Wildman–Crippen LogP) is 1.42. The largest absolute Gasteiger partial charge is 0.364 e. The van der Waals surface area contributed by atoms with Gasteiger partial charge in [-0.1, -0.05) is 20.8 Å². The summed E-state index contributed by atoms with van der Waals surface area (Å²) in [5.74, 6) is 0. The van der Waals surface area contributed by atoms with Gasteiger partial charge in [0.15, 0.2) is 6.29 Å². The van der Waals surface area contributed by atoms with E-state index in [1.54, 1.807) is 0 Å². The normalized spacial score (nSPS) is 12.5. The van der Waals surface area contributed by atoms with Crippen LogP contribution in [0.5, 0.6) is 0 Å². The quantitative estimate of drug-likeness (QED) is 0.654. The Bertz CT molecular complexity index is 262. The van der Waals surface area contributed by atoms with Crippen molar-refractivity contribution in [1.29, 1.82) is 0 Å². The lowest BCUT2D eigenvalue weighted by atomic mass is 9.98. The SMILES string of the molecule is CC(C)(C)c1ncc(C(O)O)s1. The Labute approximate surface area is 75.7 Å². The summed E-state index contributed by atoms with van der Waals surface area (Å²) in [4.78, 5) is 4.61. The van der Waals surface area contributed by atoms with Crippen molar-refractivity contribution in [3.05, 3.63) is 16.1 Å². The van der Waals surface area contributed by atoms with E-state index in [-0.39, 0.29) is 5.41 Å². The average Bonchev–Trinajstić information content (AvgIpc) is 2.30. The Kier molecular flexibility index (Phi) is 2.51. The van der Waals surface area contributed by atoms with Gasteiger partial charge in [-0.3, -0.25) is 0 Å². The maximum atomic E-state index is 8.83. The van der Waals surface area contributed by atoms with Crippen molar-refractivity contribution in [2.45, 2.75) is 32.5 Å². The molecule has 1 aromatic heterocycles. The van der Waals surface area contributed by atoms with Gasteiger partial charge in [0.25, 0.3) is 0 Å². The molecule has 1 aromatic rings. The van der Waals surface area contributed by atoms with Crippen molar-refractivity contribution in [2.75, 3.05) is 0 Å². The highest BCUT2D eigenvalue weighted by Gasteiger charge is 2.19. The van der Waals surface area contributed by atoms with Crippen LogP contribution in [-0.4, -0.2) is 15.2 Å². The van der Waals surface area contributed by atoms with Gasteiger partial charge in [-0.25, -0.2) is 4.98 Å². The van der Waals surface area contributed by atoms with Gasteiger partial charge in [0, 0.05) is 11.6 Å². The summed E-state index contributed by atoms with van der Waals surface area (Å²) in [5.41, 5.74) is -0.0161. The Morgan fingerprint density at radius 3 is 2.25 bits per heavy atom. The third kappa shape index (κ3) is 2.03. The maximum Gasteiger partial charge on any atom is 0.189 e. The molecule has 4 heteroatoms. The number of hydrogen-bond donors (Lipinski definition) is 2. The fourth-order valence-corrected chi connectivity index (χ4v) is 1.60. The molecule has 0 saturated heterocycles. The Morgan fingerprint density at radius 1 is 1.42 bits per heavy atom. The Morgan fingerprint density at radius 2 is 2.00 bits per heavy atom. The molecule has 0 atom stereocenters. The van der Waals surface area contributed by atoms with E-state index < -0.39 is 6.29 Å². The van der Waals surface area contributed by atoms with Crippen LogP contribution in [0.4, 0.5) is 0 Å². The van der Waals surface area contributed by atoms with E-state index in [0.29, 0.717) is 4.88 Å². The summed E-state index contributed by atoms with van der Waals surface area (Å²) in [6.07, 6.45) is 0.120. The number of aliphatic hydroxyl groups is 2. The summed E-state index contributed by atoms with van der Waals surface area (Å²) in [6, 6.07) is 0. The minimum atomic E-state index is -1.39. The second-order valence-corrected chi connectivity index (χ2v) is 4.75. The molecule has 0 radical (unpaired) electrons. The molecule has 0 fully saturated rings. The average molecular weight is 187 g/mol. The van der Waals surface area contributed by atoms with Crippen LogP contribution < -0.4 is 0 Å². The van der Waals surface area contributed by atoms with Gasteiger partial charge in [-0.05, 0) is 0 Å². The van der Waals surface area contributed by atoms with E-state index in [0.717, 1.165) is 5.01 Å². The van der Waals surface area contributed by atoms with Crippen LogP contribution in [0.3, 0.4) is 0 Å². The summed E-state index contributed by atoms with van der Waals surface area (Å²) < 4.78 is 0. The second-order valence-electron chi connectivity index (χ2n) is 3.69. The third-order valence-electron chi connectivity index (χ3n) is 1.42. The van der Waals surface area contributed by atoms with Crippen molar-refractivity contribution in [2.24, 2.45) is 0 Å². The van der Waals surface area contributed by atoms with Crippen molar-refractivity contribution in [3.8, 4) is 0 Å². The van der Waals surface area contributed by atoms with E-state index >= 15 is 0 Å². The smallest absolute Gasteiger partial charge is 0.189 e. The van der Waals surface area contributed by atoms with E-state index in [9.17, 15) is 0 Å². The van der Waals surface area contributed by atoms with E-state index in [2.05, 4.69) is 4.98 Å². The molecule has 0 amide bonds. The van der Waals surface area contributed by atoms with Crippen molar-refractivity contribution in [3.63, 3.8) is 0 Å². The van der Waals surface area contributed by atoms with Gasteiger partial charge < -0.3 is 10.2 Å². The van der Waals surface area contributed by atoms with E-state index in [4.69, 9.17) is 10.2 Å². The molecule has 0 unspecified atom stereocenters. The highest BCUT2D eigenvalue weighted by atomic mass is 32.1. The zero-order valence-corrected chi connectivity index (χ0v) is 8.22. The molecule has 2 N–H and O–H groups in total. The molecule has 0 aromatic carbocycles. The fourth-order valence-electron chi connectivity index (χ4n) is 0.753. The first-order valence-corrected chi connectivity index (χ1v) is 4.55. The van der Waals surface area contributed by atoms with Gasteiger partial charge in [0.05, 0.1) is 9.88 Å². The van der Waals surface area contributed by atoms with Crippen molar-refractivity contribution in [1.82, 2.24) is 4.98 Å². The Balaban J connectivity index is 2.92. The van der Waals surface area contributed by atoms with Crippen LogP contribution in [0.15, 0.2) is 6.20 Å². The molecule has 12 heavy (non-hydrogen) atoms.